The summed E-state index contributed by atoms with van der Waals surface area (Å²) < 4.78 is 45.8. The van der Waals surface area contributed by atoms with E-state index in [4.69, 9.17) is 4.74 Å². The molecule has 0 aliphatic heterocycles. The quantitative estimate of drug-likeness (QED) is 0.265. The van der Waals surface area contributed by atoms with Crippen molar-refractivity contribution >= 4 is 32.3 Å². The third-order valence-electron chi connectivity index (χ3n) is 6.14. The summed E-state index contributed by atoms with van der Waals surface area (Å²) in [4.78, 5) is 13.9. The predicted molar refractivity (Wildman–Crippen MR) is 146 cm³/mol. The molecule has 8 heteroatoms. The van der Waals surface area contributed by atoms with E-state index in [9.17, 15) is 17.6 Å². The summed E-state index contributed by atoms with van der Waals surface area (Å²) in [5.41, 5.74) is 3.13. The number of para-hydroxylation sites is 1. The summed E-state index contributed by atoms with van der Waals surface area (Å²) in [6, 6.07) is 29.4. The van der Waals surface area contributed by atoms with Crippen molar-refractivity contribution in [3.8, 4) is 5.75 Å². The van der Waals surface area contributed by atoms with Gasteiger partial charge in [0.05, 0.1) is 10.4 Å². The summed E-state index contributed by atoms with van der Waals surface area (Å²) in [7, 11) is -3.46. The van der Waals surface area contributed by atoms with E-state index in [1.165, 1.54) is 24.3 Å². The van der Waals surface area contributed by atoms with Crippen molar-refractivity contribution in [3.63, 3.8) is 0 Å². The maximum absolute atomic E-state index is 13.8. The summed E-state index contributed by atoms with van der Waals surface area (Å²) in [6.45, 7) is 0.539. The number of nitrogens with one attached hydrogen (secondary N) is 1. The van der Waals surface area contributed by atoms with Gasteiger partial charge in [0, 0.05) is 23.9 Å². The molecule has 1 amide bonds. The molecule has 1 aromatic heterocycles. The lowest BCUT2D eigenvalue weighted by atomic mass is 10.2. The largest absolute Gasteiger partial charge is 0.486 e. The number of halogens is 1. The topological polar surface area (TPSA) is 77.4 Å². The Morgan fingerprint density at radius 2 is 1.58 bits per heavy atom. The summed E-state index contributed by atoms with van der Waals surface area (Å²) >= 11 is 0. The van der Waals surface area contributed by atoms with Crippen LogP contribution in [0.25, 0.3) is 10.9 Å². The van der Waals surface area contributed by atoms with Crippen LogP contribution in [-0.4, -0.2) is 25.1 Å². The number of hydrogen-bond donors (Lipinski definition) is 1. The Bertz CT molecular complexity index is 1710. The molecule has 0 atom stereocenters. The highest BCUT2D eigenvalue weighted by atomic mass is 32.2. The minimum absolute atomic E-state index is 0.0997. The second-order valence-electron chi connectivity index (χ2n) is 8.94. The lowest BCUT2D eigenvalue weighted by molar-refractivity contribution is 0.101. The van der Waals surface area contributed by atoms with E-state index in [0.717, 1.165) is 28.3 Å². The van der Waals surface area contributed by atoms with E-state index >= 15 is 0 Å². The molecule has 4 aromatic carbocycles. The molecule has 0 aliphatic carbocycles. The molecule has 0 saturated carbocycles. The Hall–Kier alpha value is -4.43. The van der Waals surface area contributed by atoms with Gasteiger partial charge in [0.25, 0.3) is 5.91 Å². The van der Waals surface area contributed by atoms with Crippen LogP contribution in [0.3, 0.4) is 0 Å². The number of anilines is 1. The first-order chi connectivity index (χ1) is 18.3. The van der Waals surface area contributed by atoms with Crippen LogP contribution in [0, 0.1) is 5.82 Å². The van der Waals surface area contributed by atoms with Gasteiger partial charge in [-0.15, -0.1) is 0 Å². The number of hydrogen-bond acceptors (Lipinski definition) is 4. The van der Waals surface area contributed by atoms with Crippen LogP contribution in [0.5, 0.6) is 5.75 Å². The van der Waals surface area contributed by atoms with E-state index in [1.807, 2.05) is 59.2 Å². The zero-order chi connectivity index (χ0) is 26.7. The smallest absolute Gasteiger partial charge is 0.276 e. The SMILES string of the molecule is CS(=O)(=O)c1cccc(NC(=O)c2c(OCc3ccccc3)c3ccccc3n2Cc2ccc(F)cc2)c1. The van der Waals surface area contributed by atoms with Crippen LogP contribution >= 0.6 is 0 Å². The summed E-state index contributed by atoms with van der Waals surface area (Å²) in [5.74, 6) is -0.401. The van der Waals surface area contributed by atoms with Gasteiger partial charge >= 0.3 is 0 Å². The molecular weight excluding hydrogens is 503 g/mol. The van der Waals surface area contributed by atoms with Gasteiger partial charge in [-0.3, -0.25) is 4.79 Å². The van der Waals surface area contributed by atoms with Gasteiger partial charge in [-0.05, 0) is 53.6 Å². The van der Waals surface area contributed by atoms with Crippen molar-refractivity contribution in [2.45, 2.75) is 18.0 Å². The Kier molecular flexibility index (Phi) is 6.98. The number of carbonyl (C=O) groups is 1. The Morgan fingerprint density at radius 3 is 2.32 bits per heavy atom. The zero-order valence-electron chi connectivity index (χ0n) is 20.6. The minimum atomic E-state index is -3.46. The number of benzene rings is 4. The first-order valence-electron chi connectivity index (χ1n) is 11.9. The molecule has 192 valence electrons. The van der Waals surface area contributed by atoms with Crippen molar-refractivity contribution in [2.24, 2.45) is 0 Å². The van der Waals surface area contributed by atoms with Gasteiger partial charge in [-0.1, -0.05) is 60.7 Å². The summed E-state index contributed by atoms with van der Waals surface area (Å²) in [6.07, 6.45) is 1.12. The normalized spacial score (nSPS) is 11.4. The number of amides is 1. The van der Waals surface area contributed by atoms with Crippen LogP contribution in [0.15, 0.2) is 108 Å². The maximum Gasteiger partial charge on any atom is 0.276 e. The Balaban J connectivity index is 1.60. The third kappa shape index (κ3) is 5.45. The Labute approximate surface area is 220 Å². The third-order valence-corrected chi connectivity index (χ3v) is 7.25. The molecule has 0 saturated heterocycles. The van der Waals surface area contributed by atoms with Crippen molar-refractivity contribution < 1.29 is 22.3 Å². The zero-order valence-corrected chi connectivity index (χ0v) is 21.4. The highest BCUT2D eigenvalue weighted by molar-refractivity contribution is 7.90. The molecule has 1 heterocycles. The van der Waals surface area contributed by atoms with Crippen molar-refractivity contribution in [2.75, 3.05) is 11.6 Å². The maximum atomic E-state index is 13.8. The monoisotopic (exact) mass is 528 g/mol. The predicted octanol–water partition coefficient (Wildman–Crippen LogP) is 6.06. The van der Waals surface area contributed by atoms with Gasteiger partial charge in [0.1, 0.15) is 12.4 Å². The number of aromatic nitrogens is 1. The van der Waals surface area contributed by atoms with Crippen molar-refractivity contribution in [3.05, 3.63) is 126 Å². The van der Waals surface area contributed by atoms with E-state index in [2.05, 4.69) is 5.32 Å². The molecule has 0 unspecified atom stereocenters. The highest BCUT2D eigenvalue weighted by Gasteiger charge is 2.25. The molecule has 1 N–H and O–H groups in total. The number of ether oxygens (including phenoxy) is 1. The van der Waals surface area contributed by atoms with Gasteiger partial charge < -0.3 is 14.6 Å². The number of nitrogens with zero attached hydrogens (tertiary/aromatic N) is 1. The summed E-state index contributed by atoms with van der Waals surface area (Å²) in [5, 5.41) is 3.59. The molecule has 0 fully saturated rings. The molecular formula is C30H25FN2O4S. The van der Waals surface area contributed by atoms with Gasteiger partial charge in [-0.25, -0.2) is 12.8 Å². The van der Waals surface area contributed by atoms with Crippen molar-refractivity contribution in [1.82, 2.24) is 4.57 Å². The van der Waals surface area contributed by atoms with Gasteiger partial charge in [0.2, 0.25) is 0 Å². The molecule has 0 radical (unpaired) electrons. The van der Waals surface area contributed by atoms with E-state index in [1.54, 1.807) is 24.3 Å². The minimum Gasteiger partial charge on any atom is -0.486 e. The standard InChI is InChI=1S/C30H25FN2O4S/c1-38(35,36)25-11-7-10-24(18-25)32-30(34)28-29(37-20-22-8-3-2-4-9-22)26-12-5-6-13-27(26)33(28)19-21-14-16-23(31)17-15-21/h2-18H,19-20H2,1H3,(H,32,34). The van der Waals surface area contributed by atoms with Crippen LogP contribution in [0.4, 0.5) is 10.1 Å². The van der Waals surface area contributed by atoms with Gasteiger partial charge in [-0.2, -0.15) is 0 Å². The molecule has 5 rings (SSSR count). The first kappa shape index (κ1) is 25.2. The molecule has 0 aliphatic rings. The fourth-order valence-corrected chi connectivity index (χ4v) is 4.97. The number of fused-ring (bicyclic) bond motifs is 1. The average molecular weight is 529 g/mol. The Morgan fingerprint density at radius 1 is 0.868 bits per heavy atom. The van der Waals surface area contributed by atoms with Crippen LogP contribution in [-0.2, 0) is 23.0 Å². The fourth-order valence-electron chi connectivity index (χ4n) is 4.30. The molecule has 5 aromatic rings. The van der Waals surface area contributed by atoms with Crippen molar-refractivity contribution in [1.29, 1.82) is 0 Å². The van der Waals surface area contributed by atoms with Crippen LogP contribution in [0.1, 0.15) is 21.6 Å². The van der Waals surface area contributed by atoms with Crippen LogP contribution in [0.2, 0.25) is 0 Å². The second-order valence-corrected chi connectivity index (χ2v) is 11.0. The fraction of sp³-hybridized carbons (Fsp3) is 0.100. The van der Waals surface area contributed by atoms with E-state index in [-0.39, 0.29) is 23.0 Å². The average Bonchev–Trinajstić information content (AvgIpc) is 3.22. The van der Waals surface area contributed by atoms with E-state index < -0.39 is 15.7 Å². The molecule has 0 spiro atoms. The second kappa shape index (κ2) is 10.5. The first-order valence-corrected chi connectivity index (χ1v) is 13.8. The molecule has 6 nitrogen and oxygen atoms in total. The molecule has 38 heavy (non-hydrogen) atoms. The lowest BCUT2D eigenvalue weighted by Crippen LogP contribution is -2.19. The number of sulfone groups is 1. The van der Waals surface area contributed by atoms with E-state index in [0.29, 0.717) is 18.0 Å². The molecule has 0 bridgehead atoms. The highest BCUT2D eigenvalue weighted by Crippen LogP contribution is 2.35. The van der Waals surface area contributed by atoms with Crippen LogP contribution < -0.4 is 10.1 Å². The number of rotatable bonds is 8. The van der Waals surface area contributed by atoms with Gasteiger partial charge in [0.15, 0.2) is 21.3 Å². The number of carbonyl (C=O) groups excluding carboxylic acids is 1. The lowest BCUT2D eigenvalue weighted by Gasteiger charge is -2.14.